The number of fused-ring (bicyclic) bond motifs is 1. The van der Waals surface area contributed by atoms with Crippen LogP contribution in [0.4, 0.5) is 0 Å². The average Bonchev–Trinajstić information content (AvgIpc) is 2.60. The molecule has 0 unspecified atom stereocenters. The van der Waals surface area contributed by atoms with E-state index in [9.17, 15) is 0 Å². The van der Waals surface area contributed by atoms with Crippen molar-refractivity contribution in [3.8, 4) is 0 Å². The second kappa shape index (κ2) is 3.38. The third-order valence-electron chi connectivity index (χ3n) is 2.11. The van der Waals surface area contributed by atoms with Gasteiger partial charge in [0.2, 0.25) is 0 Å². The number of aromatic nitrogens is 1. The van der Waals surface area contributed by atoms with Gasteiger partial charge < -0.3 is 4.40 Å². The molecule has 0 saturated heterocycles. The van der Waals surface area contributed by atoms with Crippen LogP contribution in [-0.4, -0.2) is 9.73 Å². The summed E-state index contributed by atoms with van der Waals surface area (Å²) in [5, 5.41) is 0.821. The van der Waals surface area contributed by atoms with Crippen LogP contribution in [0, 0.1) is 0 Å². The van der Waals surface area contributed by atoms with Crippen LogP contribution in [0.2, 0.25) is 0 Å². The molecule has 0 aromatic carbocycles. The molecule has 0 aliphatic rings. The van der Waals surface area contributed by atoms with Crippen LogP contribution in [-0.2, 0) is 0 Å². The summed E-state index contributed by atoms with van der Waals surface area (Å²) in [4.78, 5) is 0. The van der Waals surface area contributed by atoms with Crippen molar-refractivity contribution in [2.45, 2.75) is 0 Å². The first-order chi connectivity index (χ1) is 6.33. The molecule has 2 aromatic rings. The lowest BCUT2D eigenvalue weighted by Gasteiger charge is -1.99. The molecular weight excluding hydrogens is 226 g/mol. The monoisotopic (exact) mass is 235 g/mol. The zero-order chi connectivity index (χ0) is 9.26. The number of alkyl halides is 1. The van der Waals surface area contributed by atoms with Crippen LogP contribution < -0.4 is 0 Å². The Morgan fingerprint density at radius 1 is 1.31 bits per heavy atom. The van der Waals surface area contributed by atoms with Gasteiger partial charge in [0.25, 0.3) is 0 Å². The van der Waals surface area contributed by atoms with E-state index in [0.717, 1.165) is 10.9 Å². The molecule has 66 valence electrons. The van der Waals surface area contributed by atoms with Crippen molar-refractivity contribution in [3.63, 3.8) is 0 Å². The molecule has 0 amide bonds. The van der Waals surface area contributed by atoms with Gasteiger partial charge in [-0.1, -0.05) is 28.6 Å². The molecule has 0 spiro atoms. The maximum absolute atomic E-state index is 4.01. The maximum atomic E-state index is 4.01. The topological polar surface area (TPSA) is 4.41 Å². The number of pyridine rings is 1. The molecule has 0 saturated carbocycles. The van der Waals surface area contributed by atoms with E-state index >= 15 is 0 Å². The van der Waals surface area contributed by atoms with Crippen molar-refractivity contribution in [1.82, 2.24) is 4.40 Å². The van der Waals surface area contributed by atoms with Gasteiger partial charge in [0.15, 0.2) is 0 Å². The Kier molecular flexibility index (Phi) is 2.23. The van der Waals surface area contributed by atoms with Gasteiger partial charge in [-0.25, -0.2) is 0 Å². The molecule has 13 heavy (non-hydrogen) atoms. The highest BCUT2D eigenvalue weighted by Gasteiger charge is 2.03. The van der Waals surface area contributed by atoms with Crippen LogP contribution >= 0.6 is 15.9 Å². The third-order valence-corrected chi connectivity index (χ3v) is 2.79. The summed E-state index contributed by atoms with van der Waals surface area (Å²) >= 11 is 3.41. The smallest absolute Gasteiger partial charge is 0.0525 e. The summed E-state index contributed by atoms with van der Waals surface area (Å²) in [6, 6.07) is 8.26. The summed E-state index contributed by atoms with van der Waals surface area (Å²) < 4.78 is 2.10. The van der Waals surface area contributed by atoms with E-state index < -0.39 is 0 Å². The minimum absolute atomic E-state index is 0.821. The fraction of sp³-hybridized carbons (Fsp3) is 0.0909. The summed E-state index contributed by atoms with van der Waals surface area (Å²) in [6.07, 6.45) is 4.10. The fourth-order valence-corrected chi connectivity index (χ4v) is 1.73. The average molecular weight is 236 g/mol. The zero-order valence-corrected chi connectivity index (χ0v) is 8.79. The number of halogens is 1. The number of rotatable bonds is 2. The maximum Gasteiger partial charge on any atom is 0.0525 e. The molecule has 0 atom stereocenters. The van der Waals surface area contributed by atoms with Gasteiger partial charge in [0, 0.05) is 23.3 Å². The second-order valence-corrected chi connectivity index (χ2v) is 3.52. The van der Waals surface area contributed by atoms with Crippen LogP contribution in [0.1, 0.15) is 5.56 Å². The van der Waals surface area contributed by atoms with Crippen molar-refractivity contribution < 1.29 is 0 Å². The normalized spacial score (nSPS) is 10.5. The largest absolute Gasteiger partial charge is 0.323 e. The highest BCUT2D eigenvalue weighted by Crippen LogP contribution is 2.21. The van der Waals surface area contributed by atoms with Crippen molar-refractivity contribution >= 4 is 27.0 Å². The van der Waals surface area contributed by atoms with Gasteiger partial charge in [-0.05, 0) is 23.8 Å². The van der Waals surface area contributed by atoms with E-state index in [4.69, 9.17) is 0 Å². The lowest BCUT2D eigenvalue weighted by Crippen LogP contribution is -1.84. The van der Waals surface area contributed by atoms with Crippen molar-refractivity contribution in [2.75, 3.05) is 5.33 Å². The van der Waals surface area contributed by atoms with E-state index in [1.807, 2.05) is 18.3 Å². The van der Waals surface area contributed by atoms with Crippen molar-refractivity contribution in [2.24, 2.45) is 0 Å². The van der Waals surface area contributed by atoms with Crippen molar-refractivity contribution in [3.05, 3.63) is 48.8 Å². The molecule has 0 radical (unpaired) electrons. The third kappa shape index (κ3) is 1.42. The van der Waals surface area contributed by atoms with Crippen LogP contribution in [0.3, 0.4) is 0 Å². The quantitative estimate of drug-likeness (QED) is 0.704. The minimum atomic E-state index is 0.821. The van der Waals surface area contributed by atoms with Crippen LogP contribution in [0.5, 0.6) is 0 Å². The van der Waals surface area contributed by atoms with Gasteiger partial charge in [-0.3, -0.25) is 0 Å². The van der Waals surface area contributed by atoms with Gasteiger partial charge in [0.05, 0.1) is 5.52 Å². The lowest BCUT2D eigenvalue weighted by atomic mass is 10.1. The standard InChI is InChI=1S/C11H10BrN/c1-9(8-12)10-5-7-13-6-3-2-4-11(10)13/h2-7H,1,8H2. The summed E-state index contributed by atoms with van der Waals surface area (Å²) in [5.41, 5.74) is 3.55. The van der Waals surface area contributed by atoms with E-state index in [2.05, 4.69) is 45.2 Å². The molecule has 2 rings (SSSR count). The first kappa shape index (κ1) is 8.57. The molecule has 2 heteroatoms. The molecule has 0 fully saturated rings. The summed E-state index contributed by atoms with van der Waals surface area (Å²) in [7, 11) is 0. The number of nitrogens with zero attached hydrogens (tertiary/aromatic N) is 1. The SMILES string of the molecule is C=C(CBr)c1ccn2ccccc12. The molecular formula is C11H10BrN. The Balaban J connectivity index is 2.64. The van der Waals surface area contributed by atoms with Gasteiger partial charge in [0.1, 0.15) is 0 Å². The van der Waals surface area contributed by atoms with E-state index in [0.29, 0.717) is 0 Å². The second-order valence-electron chi connectivity index (χ2n) is 2.96. The summed E-state index contributed by atoms with van der Waals surface area (Å²) in [5.74, 6) is 0. The Morgan fingerprint density at radius 3 is 2.92 bits per heavy atom. The molecule has 0 aliphatic heterocycles. The first-order valence-electron chi connectivity index (χ1n) is 4.13. The predicted octanol–water partition coefficient (Wildman–Crippen LogP) is 3.35. The Hall–Kier alpha value is -1.02. The number of allylic oxidation sites excluding steroid dienone is 1. The Labute approximate surface area is 85.8 Å². The number of hydrogen-bond donors (Lipinski definition) is 0. The Morgan fingerprint density at radius 2 is 2.15 bits per heavy atom. The molecule has 2 heterocycles. The van der Waals surface area contributed by atoms with Gasteiger partial charge in [-0.2, -0.15) is 0 Å². The fourth-order valence-electron chi connectivity index (χ4n) is 1.43. The van der Waals surface area contributed by atoms with Crippen molar-refractivity contribution in [1.29, 1.82) is 0 Å². The van der Waals surface area contributed by atoms with Crippen LogP contribution in [0.25, 0.3) is 11.1 Å². The predicted molar refractivity (Wildman–Crippen MR) is 60.2 cm³/mol. The van der Waals surface area contributed by atoms with E-state index in [1.54, 1.807) is 0 Å². The molecule has 2 aromatic heterocycles. The molecule has 0 aliphatic carbocycles. The number of hydrogen-bond acceptors (Lipinski definition) is 0. The van der Waals surface area contributed by atoms with E-state index in [1.165, 1.54) is 11.1 Å². The van der Waals surface area contributed by atoms with Crippen LogP contribution in [0.15, 0.2) is 43.2 Å². The van der Waals surface area contributed by atoms with Gasteiger partial charge in [-0.15, -0.1) is 0 Å². The van der Waals surface area contributed by atoms with Gasteiger partial charge >= 0.3 is 0 Å². The molecule has 0 N–H and O–H groups in total. The first-order valence-corrected chi connectivity index (χ1v) is 5.25. The zero-order valence-electron chi connectivity index (χ0n) is 7.20. The Bertz CT molecular complexity index is 442. The van der Waals surface area contributed by atoms with E-state index in [-0.39, 0.29) is 0 Å². The summed E-state index contributed by atoms with van der Waals surface area (Å²) in [6.45, 7) is 4.01. The molecule has 1 nitrogen and oxygen atoms in total. The highest BCUT2D eigenvalue weighted by atomic mass is 79.9. The molecule has 0 bridgehead atoms. The lowest BCUT2D eigenvalue weighted by molar-refractivity contribution is 1.20. The minimum Gasteiger partial charge on any atom is -0.323 e. The highest BCUT2D eigenvalue weighted by molar-refractivity contribution is 9.09.